The van der Waals surface area contributed by atoms with E-state index in [2.05, 4.69) is 43.6 Å². The molecule has 1 aromatic rings. The van der Waals surface area contributed by atoms with Crippen LogP contribution in [0.2, 0.25) is 5.02 Å². The van der Waals surface area contributed by atoms with Gasteiger partial charge >= 0.3 is 0 Å². The Balaban J connectivity index is 2.89. The number of rotatable bonds is 5. The molecule has 0 heterocycles. The predicted molar refractivity (Wildman–Crippen MR) is 92.2 cm³/mol. The number of alkyl halides is 1. The highest BCUT2D eigenvalue weighted by Gasteiger charge is 2.22. The van der Waals surface area contributed by atoms with Crippen molar-refractivity contribution in [3.8, 4) is 5.75 Å². The van der Waals surface area contributed by atoms with Gasteiger partial charge in [0.15, 0.2) is 0 Å². The molecule has 1 nitrogen and oxygen atoms in total. The normalized spacial score (nSPS) is 15.0. The molecule has 0 bridgehead atoms. The fourth-order valence-electron chi connectivity index (χ4n) is 2.64. The van der Waals surface area contributed by atoms with Crippen LogP contribution in [0, 0.1) is 11.3 Å². The Bertz CT molecular complexity index is 455. The molecule has 0 N–H and O–H groups in total. The topological polar surface area (TPSA) is 9.23 Å². The van der Waals surface area contributed by atoms with E-state index in [1.54, 1.807) is 7.11 Å². The van der Waals surface area contributed by atoms with E-state index in [1.165, 1.54) is 0 Å². The molecule has 0 saturated carbocycles. The monoisotopic (exact) mass is 380 g/mol. The Hall–Kier alpha value is 0.0800. The lowest BCUT2D eigenvalue weighted by atomic mass is 9.83. The second kappa shape index (κ2) is 7.38. The maximum atomic E-state index is 6.60. The molecule has 1 rings (SSSR count). The minimum Gasteiger partial charge on any atom is -0.495 e. The van der Waals surface area contributed by atoms with E-state index in [1.807, 2.05) is 12.1 Å². The largest absolute Gasteiger partial charge is 0.495 e. The van der Waals surface area contributed by atoms with Crippen LogP contribution in [-0.4, -0.2) is 7.11 Å². The molecule has 0 fully saturated rings. The van der Waals surface area contributed by atoms with Crippen LogP contribution in [0.3, 0.4) is 0 Å². The van der Waals surface area contributed by atoms with Crippen molar-refractivity contribution in [2.24, 2.45) is 11.3 Å². The molecular weight excluding hydrogens is 359 g/mol. The minimum atomic E-state index is -0.0997. The molecule has 1 aromatic carbocycles. The number of hydrogen-bond acceptors (Lipinski definition) is 1. The Kier molecular flexibility index (Phi) is 6.69. The molecular formula is C16H23BrCl2O. The molecule has 0 aliphatic carbocycles. The highest BCUT2D eigenvalue weighted by Crippen LogP contribution is 2.42. The number of benzene rings is 1. The standard InChI is InChI=1S/C16H23BrCl2O/c1-10(9-16(2,3)4)6-14(19)12-7-11(18)8-13(17)15(12)20-5/h7-8,10,14H,6,9H2,1-5H3. The Morgan fingerprint density at radius 2 is 1.90 bits per heavy atom. The van der Waals surface area contributed by atoms with Crippen LogP contribution in [0.25, 0.3) is 0 Å². The number of ether oxygens (including phenoxy) is 1. The SMILES string of the molecule is COc1c(Br)cc(Cl)cc1C(Cl)CC(C)CC(C)(C)C. The molecule has 0 aromatic heterocycles. The zero-order valence-corrected chi connectivity index (χ0v) is 15.9. The van der Waals surface area contributed by atoms with Crippen molar-refractivity contribution < 1.29 is 4.74 Å². The molecule has 0 aliphatic rings. The van der Waals surface area contributed by atoms with Gasteiger partial charge in [-0.25, -0.2) is 0 Å². The average Bonchev–Trinajstić information content (AvgIpc) is 2.24. The molecule has 2 atom stereocenters. The van der Waals surface area contributed by atoms with E-state index in [0.717, 1.165) is 28.6 Å². The third kappa shape index (κ3) is 5.46. The van der Waals surface area contributed by atoms with Gasteiger partial charge in [-0.3, -0.25) is 0 Å². The summed E-state index contributed by atoms with van der Waals surface area (Å²) in [6.07, 6.45) is 2.04. The highest BCUT2D eigenvalue weighted by atomic mass is 79.9. The van der Waals surface area contributed by atoms with E-state index in [-0.39, 0.29) is 5.38 Å². The number of hydrogen-bond donors (Lipinski definition) is 0. The van der Waals surface area contributed by atoms with Gasteiger partial charge in [0, 0.05) is 10.6 Å². The van der Waals surface area contributed by atoms with Crippen LogP contribution in [0.15, 0.2) is 16.6 Å². The van der Waals surface area contributed by atoms with Gasteiger partial charge in [0.05, 0.1) is 17.0 Å². The van der Waals surface area contributed by atoms with E-state index in [4.69, 9.17) is 27.9 Å². The summed E-state index contributed by atoms with van der Waals surface area (Å²) in [5.41, 5.74) is 1.27. The van der Waals surface area contributed by atoms with Crippen LogP contribution in [0.1, 0.15) is 51.5 Å². The molecule has 114 valence electrons. The predicted octanol–water partition coefficient (Wildman–Crippen LogP) is 6.85. The van der Waals surface area contributed by atoms with Gasteiger partial charge in [0.25, 0.3) is 0 Å². The van der Waals surface area contributed by atoms with Crippen LogP contribution in [-0.2, 0) is 0 Å². The smallest absolute Gasteiger partial charge is 0.137 e. The fourth-order valence-corrected chi connectivity index (χ4v) is 4.10. The van der Waals surface area contributed by atoms with Crippen molar-refractivity contribution in [3.63, 3.8) is 0 Å². The van der Waals surface area contributed by atoms with Gasteiger partial charge in [-0.05, 0) is 52.2 Å². The molecule has 0 spiro atoms. The lowest BCUT2D eigenvalue weighted by molar-refractivity contribution is 0.294. The molecule has 20 heavy (non-hydrogen) atoms. The van der Waals surface area contributed by atoms with Crippen molar-refractivity contribution >= 4 is 39.1 Å². The maximum Gasteiger partial charge on any atom is 0.137 e. The summed E-state index contributed by atoms with van der Waals surface area (Å²) in [5, 5.41) is 0.569. The number of halogens is 3. The first kappa shape index (κ1) is 18.1. The summed E-state index contributed by atoms with van der Waals surface area (Å²) in [4.78, 5) is 0. The van der Waals surface area contributed by atoms with Gasteiger partial charge in [0.2, 0.25) is 0 Å². The van der Waals surface area contributed by atoms with Gasteiger partial charge in [-0.15, -0.1) is 11.6 Å². The van der Waals surface area contributed by atoms with E-state index >= 15 is 0 Å². The fraction of sp³-hybridized carbons (Fsp3) is 0.625. The Morgan fingerprint density at radius 3 is 2.40 bits per heavy atom. The van der Waals surface area contributed by atoms with Gasteiger partial charge in [0.1, 0.15) is 5.75 Å². The summed E-state index contributed by atoms with van der Waals surface area (Å²) in [7, 11) is 1.65. The summed E-state index contributed by atoms with van der Waals surface area (Å²) in [5.74, 6) is 1.32. The molecule has 0 amide bonds. The Morgan fingerprint density at radius 1 is 1.30 bits per heavy atom. The van der Waals surface area contributed by atoms with Crippen molar-refractivity contribution in [1.29, 1.82) is 0 Å². The van der Waals surface area contributed by atoms with Crippen LogP contribution in [0.5, 0.6) is 5.75 Å². The summed E-state index contributed by atoms with van der Waals surface area (Å²) in [6, 6.07) is 3.72. The van der Waals surface area contributed by atoms with Crippen LogP contribution in [0.4, 0.5) is 0 Å². The van der Waals surface area contributed by atoms with E-state index in [0.29, 0.717) is 16.4 Å². The molecule has 4 heteroatoms. The molecule has 0 saturated heterocycles. The molecule has 0 aliphatic heterocycles. The van der Waals surface area contributed by atoms with Gasteiger partial charge < -0.3 is 4.74 Å². The zero-order chi connectivity index (χ0) is 15.5. The molecule has 2 unspecified atom stereocenters. The highest BCUT2D eigenvalue weighted by molar-refractivity contribution is 9.10. The first-order chi connectivity index (χ1) is 9.14. The maximum absolute atomic E-state index is 6.60. The van der Waals surface area contributed by atoms with Crippen molar-refractivity contribution in [1.82, 2.24) is 0 Å². The second-order valence-corrected chi connectivity index (χ2v) is 8.40. The van der Waals surface area contributed by atoms with Gasteiger partial charge in [-0.1, -0.05) is 39.3 Å². The Labute approximate surface area is 141 Å². The first-order valence-corrected chi connectivity index (χ1v) is 8.41. The summed E-state index contributed by atoms with van der Waals surface area (Å²) in [6.45, 7) is 9.00. The van der Waals surface area contributed by atoms with Crippen LogP contribution >= 0.6 is 39.1 Å². The average molecular weight is 382 g/mol. The lowest BCUT2D eigenvalue weighted by Gasteiger charge is -2.25. The third-order valence-electron chi connectivity index (χ3n) is 3.15. The van der Waals surface area contributed by atoms with Gasteiger partial charge in [-0.2, -0.15) is 0 Å². The van der Waals surface area contributed by atoms with Crippen molar-refractivity contribution in [2.45, 2.75) is 45.9 Å². The third-order valence-corrected chi connectivity index (χ3v) is 4.37. The van der Waals surface area contributed by atoms with Crippen molar-refractivity contribution in [2.75, 3.05) is 7.11 Å². The minimum absolute atomic E-state index is 0.0997. The van der Waals surface area contributed by atoms with Crippen molar-refractivity contribution in [3.05, 3.63) is 27.2 Å². The lowest BCUT2D eigenvalue weighted by Crippen LogP contribution is -2.12. The second-order valence-electron chi connectivity index (χ2n) is 6.58. The van der Waals surface area contributed by atoms with E-state index < -0.39 is 0 Å². The first-order valence-electron chi connectivity index (χ1n) is 6.81. The quantitative estimate of drug-likeness (QED) is 0.506. The molecule has 0 radical (unpaired) electrons. The van der Waals surface area contributed by atoms with E-state index in [9.17, 15) is 0 Å². The number of methoxy groups -OCH3 is 1. The zero-order valence-electron chi connectivity index (χ0n) is 12.8. The van der Waals surface area contributed by atoms with Crippen LogP contribution < -0.4 is 4.74 Å². The summed E-state index contributed by atoms with van der Waals surface area (Å²) < 4.78 is 6.29. The summed E-state index contributed by atoms with van der Waals surface area (Å²) >= 11 is 16.2.